The standard InChI is InChI=1S/C16H16N2O6/c1-16(2)23-14(20)13(15(21)24-16)11(19)6-9-8-17-12-7-10(22-3)4-5-18(9)12/h4-5,7-8,13H,6H2,1-3H3. The summed E-state index contributed by atoms with van der Waals surface area (Å²) in [5.74, 6) is -4.67. The number of pyridine rings is 1. The summed E-state index contributed by atoms with van der Waals surface area (Å²) in [5.41, 5.74) is 1.13. The van der Waals surface area contributed by atoms with E-state index in [1.54, 1.807) is 29.8 Å². The lowest BCUT2D eigenvalue weighted by molar-refractivity contribution is -0.238. The van der Waals surface area contributed by atoms with Crippen LogP contribution in [0.5, 0.6) is 5.75 Å². The number of aromatic nitrogens is 2. The minimum absolute atomic E-state index is 0.150. The first kappa shape index (κ1) is 16.0. The maximum Gasteiger partial charge on any atom is 0.331 e. The highest BCUT2D eigenvalue weighted by molar-refractivity contribution is 6.16. The Hall–Kier alpha value is -2.90. The van der Waals surface area contributed by atoms with E-state index < -0.39 is 29.4 Å². The molecule has 8 nitrogen and oxygen atoms in total. The molecule has 0 N–H and O–H groups in total. The molecule has 3 rings (SSSR count). The van der Waals surface area contributed by atoms with E-state index in [2.05, 4.69) is 4.98 Å². The zero-order valence-electron chi connectivity index (χ0n) is 13.4. The van der Waals surface area contributed by atoms with E-state index in [4.69, 9.17) is 14.2 Å². The van der Waals surface area contributed by atoms with Crippen molar-refractivity contribution in [2.24, 2.45) is 5.92 Å². The quantitative estimate of drug-likeness (QED) is 0.606. The number of methoxy groups -OCH3 is 1. The van der Waals surface area contributed by atoms with Gasteiger partial charge in [0.25, 0.3) is 5.79 Å². The minimum atomic E-state index is -1.57. The molecule has 0 spiro atoms. The van der Waals surface area contributed by atoms with Crippen LogP contribution in [-0.4, -0.2) is 40.0 Å². The number of ether oxygens (including phenoxy) is 3. The summed E-state index contributed by atoms with van der Waals surface area (Å²) >= 11 is 0. The number of imidazole rings is 1. The zero-order valence-corrected chi connectivity index (χ0v) is 13.4. The Kier molecular flexibility index (Phi) is 3.75. The highest BCUT2D eigenvalue weighted by atomic mass is 16.7. The van der Waals surface area contributed by atoms with Gasteiger partial charge in [0, 0.05) is 38.0 Å². The molecule has 0 radical (unpaired) electrons. The Balaban J connectivity index is 1.82. The number of carbonyl (C=O) groups excluding carboxylic acids is 3. The van der Waals surface area contributed by atoms with Crippen molar-refractivity contribution in [2.45, 2.75) is 26.1 Å². The van der Waals surface area contributed by atoms with E-state index in [0.717, 1.165) is 0 Å². The lowest BCUT2D eigenvalue weighted by Gasteiger charge is -2.32. The molecule has 0 atom stereocenters. The number of cyclic esters (lactones) is 2. The Labute approximate surface area is 137 Å². The average Bonchev–Trinajstić information content (AvgIpc) is 2.87. The molecule has 3 heterocycles. The van der Waals surface area contributed by atoms with Crippen molar-refractivity contribution in [2.75, 3.05) is 7.11 Å². The predicted octanol–water partition coefficient (Wildman–Crippen LogP) is 0.907. The van der Waals surface area contributed by atoms with Crippen LogP contribution in [0.15, 0.2) is 24.5 Å². The van der Waals surface area contributed by atoms with Gasteiger partial charge < -0.3 is 18.6 Å². The molecule has 0 unspecified atom stereocenters. The topological polar surface area (TPSA) is 96.2 Å². The fraction of sp³-hybridized carbons (Fsp3) is 0.375. The fourth-order valence-electron chi connectivity index (χ4n) is 2.54. The number of Topliss-reactive ketones (excluding diaryl/α,β-unsaturated/α-hetero) is 1. The first-order valence-electron chi connectivity index (χ1n) is 7.29. The van der Waals surface area contributed by atoms with Gasteiger partial charge in [-0.2, -0.15) is 0 Å². The first-order chi connectivity index (χ1) is 11.3. The molecule has 1 aliphatic rings. The zero-order chi connectivity index (χ0) is 17.5. The van der Waals surface area contributed by atoms with Crippen LogP contribution in [0.2, 0.25) is 0 Å². The van der Waals surface area contributed by atoms with Crippen molar-refractivity contribution in [3.05, 3.63) is 30.2 Å². The summed E-state index contributed by atoms with van der Waals surface area (Å²) in [5, 5.41) is 0. The first-order valence-corrected chi connectivity index (χ1v) is 7.29. The molecule has 2 aromatic heterocycles. The molecular formula is C16H16N2O6. The minimum Gasteiger partial charge on any atom is -0.497 e. The third-order valence-electron chi connectivity index (χ3n) is 3.64. The lowest BCUT2D eigenvalue weighted by atomic mass is 9.99. The van der Waals surface area contributed by atoms with Crippen LogP contribution in [0.1, 0.15) is 19.5 Å². The van der Waals surface area contributed by atoms with E-state index in [-0.39, 0.29) is 6.42 Å². The molecule has 0 amide bonds. The van der Waals surface area contributed by atoms with Gasteiger partial charge in [-0.25, -0.2) is 4.98 Å². The van der Waals surface area contributed by atoms with Crippen molar-refractivity contribution in [1.29, 1.82) is 0 Å². The smallest absolute Gasteiger partial charge is 0.331 e. The van der Waals surface area contributed by atoms with Gasteiger partial charge in [-0.3, -0.25) is 14.4 Å². The third-order valence-corrected chi connectivity index (χ3v) is 3.64. The van der Waals surface area contributed by atoms with Crippen LogP contribution in [0.4, 0.5) is 0 Å². The van der Waals surface area contributed by atoms with E-state index in [0.29, 0.717) is 17.1 Å². The van der Waals surface area contributed by atoms with E-state index in [9.17, 15) is 14.4 Å². The van der Waals surface area contributed by atoms with Gasteiger partial charge in [0.05, 0.1) is 13.5 Å². The van der Waals surface area contributed by atoms with Gasteiger partial charge >= 0.3 is 11.9 Å². The summed E-state index contributed by atoms with van der Waals surface area (Å²) in [7, 11) is 1.54. The van der Waals surface area contributed by atoms with Gasteiger partial charge in [-0.1, -0.05) is 0 Å². The maximum atomic E-state index is 12.4. The Bertz CT molecular complexity index is 818. The number of nitrogens with zero attached hydrogens (tertiary/aromatic N) is 2. The summed E-state index contributed by atoms with van der Waals surface area (Å²) in [6.45, 7) is 2.86. The van der Waals surface area contributed by atoms with E-state index in [1.807, 2.05) is 0 Å². The number of rotatable bonds is 4. The highest BCUT2D eigenvalue weighted by Gasteiger charge is 2.47. The number of fused-ring (bicyclic) bond motifs is 1. The van der Waals surface area contributed by atoms with Gasteiger partial charge in [0.2, 0.25) is 5.92 Å². The molecular weight excluding hydrogens is 316 g/mol. The van der Waals surface area contributed by atoms with Crippen molar-refractivity contribution in [3.63, 3.8) is 0 Å². The number of carbonyl (C=O) groups is 3. The molecule has 1 aliphatic heterocycles. The van der Waals surface area contributed by atoms with Crippen LogP contribution in [0.25, 0.3) is 5.65 Å². The molecule has 2 aromatic rings. The molecule has 1 fully saturated rings. The van der Waals surface area contributed by atoms with E-state index >= 15 is 0 Å². The summed E-state index contributed by atoms with van der Waals surface area (Å²) in [4.78, 5) is 40.5. The molecule has 0 bridgehead atoms. The maximum absolute atomic E-state index is 12.4. The Morgan fingerprint density at radius 1 is 1.33 bits per heavy atom. The fourth-order valence-corrected chi connectivity index (χ4v) is 2.54. The van der Waals surface area contributed by atoms with Gasteiger partial charge in [0.1, 0.15) is 11.4 Å². The number of ketones is 1. The highest BCUT2D eigenvalue weighted by Crippen LogP contribution is 2.25. The summed E-state index contributed by atoms with van der Waals surface area (Å²) < 4.78 is 16.7. The molecule has 1 saturated heterocycles. The molecule has 8 heteroatoms. The van der Waals surface area contributed by atoms with Crippen LogP contribution in [0.3, 0.4) is 0 Å². The summed E-state index contributed by atoms with van der Waals surface area (Å²) in [6.07, 6.45) is 3.06. The van der Waals surface area contributed by atoms with Gasteiger partial charge in [-0.15, -0.1) is 0 Å². The largest absolute Gasteiger partial charge is 0.497 e. The van der Waals surface area contributed by atoms with Crippen molar-refractivity contribution >= 4 is 23.4 Å². The molecule has 0 aliphatic carbocycles. The van der Waals surface area contributed by atoms with Crippen molar-refractivity contribution in [1.82, 2.24) is 9.38 Å². The molecule has 24 heavy (non-hydrogen) atoms. The lowest BCUT2D eigenvalue weighted by Crippen LogP contribution is -2.49. The van der Waals surface area contributed by atoms with Crippen LogP contribution >= 0.6 is 0 Å². The second kappa shape index (κ2) is 5.63. The van der Waals surface area contributed by atoms with Crippen molar-refractivity contribution in [3.8, 4) is 5.75 Å². The summed E-state index contributed by atoms with van der Waals surface area (Å²) in [6, 6.07) is 3.42. The van der Waals surface area contributed by atoms with Crippen LogP contribution in [-0.2, 0) is 30.3 Å². The van der Waals surface area contributed by atoms with Gasteiger partial charge in [-0.05, 0) is 6.07 Å². The number of hydrogen-bond donors (Lipinski definition) is 0. The van der Waals surface area contributed by atoms with Crippen molar-refractivity contribution < 1.29 is 28.6 Å². The van der Waals surface area contributed by atoms with Crippen LogP contribution in [0, 0.1) is 5.92 Å². The third kappa shape index (κ3) is 2.82. The van der Waals surface area contributed by atoms with E-state index in [1.165, 1.54) is 20.0 Å². The molecule has 126 valence electrons. The molecule has 0 aromatic carbocycles. The Morgan fingerprint density at radius 3 is 2.62 bits per heavy atom. The monoisotopic (exact) mass is 332 g/mol. The second-order valence-electron chi connectivity index (χ2n) is 5.86. The average molecular weight is 332 g/mol. The number of hydrogen-bond acceptors (Lipinski definition) is 7. The SMILES string of the molecule is COc1ccn2c(CC(=O)C3C(=O)OC(C)(C)OC3=O)cnc2c1. The second-order valence-corrected chi connectivity index (χ2v) is 5.86. The predicted molar refractivity (Wildman–Crippen MR) is 80.2 cm³/mol. The molecule has 0 saturated carbocycles. The normalized spacial score (nSPS) is 17.5. The number of esters is 2. The Morgan fingerprint density at radius 2 is 2.00 bits per heavy atom. The van der Waals surface area contributed by atoms with Crippen LogP contribution < -0.4 is 4.74 Å². The van der Waals surface area contributed by atoms with Gasteiger partial charge in [0.15, 0.2) is 5.78 Å².